The van der Waals surface area contributed by atoms with Crippen molar-refractivity contribution in [1.82, 2.24) is 9.78 Å². The molecule has 0 atom stereocenters. The van der Waals surface area contributed by atoms with E-state index in [4.69, 9.17) is 33.2 Å². The minimum Gasteiger partial charge on any atom is -0.479 e. The lowest BCUT2D eigenvalue weighted by Gasteiger charge is -2.05. The van der Waals surface area contributed by atoms with Gasteiger partial charge in [-0.1, -0.05) is 35.3 Å². The first-order chi connectivity index (χ1) is 14.5. The van der Waals surface area contributed by atoms with Gasteiger partial charge < -0.3 is 10.1 Å². The number of rotatable bonds is 7. The van der Waals surface area contributed by atoms with Crippen LogP contribution in [0.1, 0.15) is 16.8 Å². The Labute approximate surface area is 184 Å². The number of aryl methyl sites for hydroxylation is 1. The molecule has 1 heterocycles. The lowest BCUT2D eigenvalue weighted by atomic mass is 10.2. The summed E-state index contributed by atoms with van der Waals surface area (Å²) in [5.74, 6) is 0.252. The Morgan fingerprint density at radius 2 is 1.90 bits per heavy atom. The number of halogens is 2. The summed E-state index contributed by atoms with van der Waals surface area (Å²) in [4.78, 5) is 12.2. The van der Waals surface area contributed by atoms with Gasteiger partial charge in [0.1, 0.15) is 17.0 Å². The monoisotopic (exact) mass is 440 g/mol. The highest BCUT2D eigenvalue weighted by molar-refractivity contribution is 6.31. The molecule has 6 nitrogen and oxygen atoms in total. The zero-order chi connectivity index (χ0) is 21.5. The Morgan fingerprint density at radius 3 is 2.57 bits per heavy atom. The first kappa shape index (κ1) is 21.4. The predicted molar refractivity (Wildman–Crippen MR) is 118 cm³/mol. The maximum atomic E-state index is 12.2. The summed E-state index contributed by atoms with van der Waals surface area (Å²) >= 11 is 12.4. The van der Waals surface area contributed by atoms with Crippen LogP contribution < -0.4 is 10.1 Å². The van der Waals surface area contributed by atoms with Crippen LogP contribution in [0.2, 0.25) is 10.2 Å². The SMILES string of the molecule is Cc1nn(Cc2ccc(Cl)cc2)c(Cl)c1/C=C/C(=O)Nc1ccc(OCC#N)cc1. The molecule has 152 valence electrons. The van der Waals surface area contributed by atoms with Crippen LogP contribution in [0.25, 0.3) is 6.08 Å². The third-order valence-electron chi connectivity index (χ3n) is 4.18. The molecule has 0 saturated carbocycles. The second-order valence-electron chi connectivity index (χ2n) is 6.37. The molecule has 3 rings (SSSR count). The summed E-state index contributed by atoms with van der Waals surface area (Å²) < 4.78 is 6.86. The third kappa shape index (κ3) is 5.63. The zero-order valence-corrected chi connectivity index (χ0v) is 17.6. The van der Waals surface area contributed by atoms with E-state index in [0.717, 1.165) is 11.3 Å². The van der Waals surface area contributed by atoms with Crippen molar-refractivity contribution in [2.45, 2.75) is 13.5 Å². The van der Waals surface area contributed by atoms with E-state index in [9.17, 15) is 4.79 Å². The van der Waals surface area contributed by atoms with Gasteiger partial charge in [0.15, 0.2) is 6.61 Å². The number of anilines is 1. The van der Waals surface area contributed by atoms with Crippen LogP contribution in [0.4, 0.5) is 5.69 Å². The second kappa shape index (κ2) is 9.97. The fraction of sp³-hybridized carbons (Fsp3) is 0.136. The van der Waals surface area contributed by atoms with E-state index >= 15 is 0 Å². The maximum absolute atomic E-state index is 12.2. The molecule has 0 bridgehead atoms. The second-order valence-corrected chi connectivity index (χ2v) is 7.16. The van der Waals surface area contributed by atoms with Gasteiger partial charge in [0, 0.05) is 22.3 Å². The van der Waals surface area contributed by atoms with E-state index in [1.54, 1.807) is 35.0 Å². The van der Waals surface area contributed by atoms with Crippen molar-refractivity contribution in [2.75, 3.05) is 11.9 Å². The molecule has 0 unspecified atom stereocenters. The lowest BCUT2D eigenvalue weighted by Crippen LogP contribution is -2.07. The first-order valence-electron chi connectivity index (χ1n) is 9.02. The van der Waals surface area contributed by atoms with Gasteiger partial charge in [-0.2, -0.15) is 10.4 Å². The summed E-state index contributed by atoms with van der Waals surface area (Å²) in [5, 5.41) is 16.8. The number of amides is 1. The third-order valence-corrected chi connectivity index (χ3v) is 4.83. The normalized spacial score (nSPS) is 10.7. The minimum absolute atomic E-state index is 0.0275. The van der Waals surface area contributed by atoms with E-state index in [2.05, 4.69) is 10.4 Å². The van der Waals surface area contributed by atoms with Gasteiger partial charge in [-0.25, -0.2) is 4.68 Å². The molecule has 0 aliphatic rings. The van der Waals surface area contributed by atoms with Gasteiger partial charge in [0.25, 0.3) is 0 Å². The van der Waals surface area contributed by atoms with Gasteiger partial charge in [-0.05, 0) is 55.0 Å². The molecule has 0 fully saturated rings. The summed E-state index contributed by atoms with van der Waals surface area (Å²) in [7, 11) is 0. The van der Waals surface area contributed by atoms with Crippen LogP contribution in [-0.4, -0.2) is 22.3 Å². The van der Waals surface area contributed by atoms with Crippen molar-refractivity contribution in [3.05, 3.63) is 81.6 Å². The van der Waals surface area contributed by atoms with E-state index in [0.29, 0.717) is 33.7 Å². The van der Waals surface area contributed by atoms with E-state index in [1.807, 2.05) is 37.3 Å². The largest absolute Gasteiger partial charge is 0.479 e. The highest BCUT2D eigenvalue weighted by Crippen LogP contribution is 2.23. The molecule has 0 spiro atoms. The summed E-state index contributed by atoms with van der Waals surface area (Å²) in [6.07, 6.45) is 3.05. The Kier molecular flexibility index (Phi) is 7.12. The Morgan fingerprint density at radius 1 is 1.20 bits per heavy atom. The van der Waals surface area contributed by atoms with Gasteiger partial charge in [-0.15, -0.1) is 0 Å². The van der Waals surface area contributed by atoms with Crippen LogP contribution in [0, 0.1) is 18.3 Å². The van der Waals surface area contributed by atoms with Crippen LogP contribution in [0.5, 0.6) is 5.75 Å². The van der Waals surface area contributed by atoms with E-state index in [1.165, 1.54) is 6.08 Å². The van der Waals surface area contributed by atoms with Crippen molar-refractivity contribution in [3.8, 4) is 11.8 Å². The number of carbonyl (C=O) groups is 1. The number of aromatic nitrogens is 2. The molecular formula is C22H18Cl2N4O2. The molecular weight excluding hydrogens is 423 g/mol. The Bertz CT molecular complexity index is 1100. The standard InChI is InChI=1S/C22H18Cl2N4O2/c1-15-20(22(24)28(27-15)14-16-2-4-17(23)5-3-16)10-11-21(29)26-18-6-8-19(9-7-18)30-13-12-25/h2-11H,13-14H2,1H3,(H,26,29)/b11-10+. The molecule has 0 aliphatic heterocycles. The van der Waals surface area contributed by atoms with Crippen LogP contribution in [0.15, 0.2) is 54.6 Å². The van der Waals surface area contributed by atoms with Gasteiger partial charge in [0.2, 0.25) is 5.91 Å². The molecule has 1 aromatic heterocycles. The van der Waals surface area contributed by atoms with Crippen LogP contribution >= 0.6 is 23.2 Å². The molecule has 2 aromatic carbocycles. The topological polar surface area (TPSA) is 79.9 Å². The maximum Gasteiger partial charge on any atom is 0.248 e. The summed E-state index contributed by atoms with van der Waals surface area (Å²) in [5.41, 5.74) is 3.02. The van der Waals surface area contributed by atoms with Gasteiger partial charge in [-0.3, -0.25) is 4.79 Å². The molecule has 30 heavy (non-hydrogen) atoms. The molecule has 1 amide bonds. The Balaban J connectivity index is 1.65. The number of hydrogen-bond donors (Lipinski definition) is 1. The van der Waals surface area contributed by atoms with Gasteiger partial charge >= 0.3 is 0 Å². The molecule has 0 aliphatic carbocycles. The quantitative estimate of drug-likeness (QED) is 0.518. The van der Waals surface area contributed by atoms with Crippen molar-refractivity contribution < 1.29 is 9.53 Å². The molecule has 3 aromatic rings. The predicted octanol–water partition coefficient (Wildman–Crippen LogP) is 5.10. The molecule has 0 radical (unpaired) electrons. The highest BCUT2D eigenvalue weighted by atomic mass is 35.5. The van der Waals surface area contributed by atoms with Crippen LogP contribution in [-0.2, 0) is 11.3 Å². The fourth-order valence-corrected chi connectivity index (χ4v) is 3.14. The average molecular weight is 441 g/mol. The number of carbonyl (C=O) groups excluding carboxylic acids is 1. The summed E-state index contributed by atoms with van der Waals surface area (Å²) in [6, 6.07) is 16.1. The van der Waals surface area contributed by atoms with Gasteiger partial charge in [0.05, 0.1) is 12.2 Å². The van der Waals surface area contributed by atoms with Crippen molar-refractivity contribution in [3.63, 3.8) is 0 Å². The number of benzene rings is 2. The molecule has 1 N–H and O–H groups in total. The number of nitrogens with one attached hydrogen (secondary N) is 1. The minimum atomic E-state index is -0.304. The first-order valence-corrected chi connectivity index (χ1v) is 9.78. The number of nitrogens with zero attached hydrogens (tertiary/aromatic N) is 3. The van der Waals surface area contributed by atoms with E-state index in [-0.39, 0.29) is 12.5 Å². The number of hydrogen-bond acceptors (Lipinski definition) is 4. The van der Waals surface area contributed by atoms with Crippen molar-refractivity contribution >= 4 is 40.9 Å². The zero-order valence-electron chi connectivity index (χ0n) is 16.1. The van der Waals surface area contributed by atoms with Crippen LogP contribution in [0.3, 0.4) is 0 Å². The number of nitriles is 1. The molecule has 8 heteroatoms. The average Bonchev–Trinajstić information content (AvgIpc) is 3.00. The number of ether oxygens (including phenoxy) is 1. The fourth-order valence-electron chi connectivity index (χ4n) is 2.72. The highest BCUT2D eigenvalue weighted by Gasteiger charge is 2.12. The van der Waals surface area contributed by atoms with Crippen molar-refractivity contribution in [1.29, 1.82) is 5.26 Å². The lowest BCUT2D eigenvalue weighted by molar-refractivity contribution is -0.111. The smallest absolute Gasteiger partial charge is 0.248 e. The van der Waals surface area contributed by atoms with Crippen molar-refractivity contribution in [2.24, 2.45) is 0 Å². The Hall–Kier alpha value is -3.27. The van der Waals surface area contributed by atoms with E-state index < -0.39 is 0 Å². The summed E-state index contributed by atoms with van der Waals surface area (Å²) in [6.45, 7) is 2.30. The molecule has 0 saturated heterocycles.